The van der Waals surface area contributed by atoms with Crippen molar-refractivity contribution in [2.45, 2.75) is 84.2 Å². The maximum Gasteiger partial charge on any atom is 0.0304 e. The Hall–Kier alpha value is -0.340. The van der Waals surface area contributed by atoms with Gasteiger partial charge in [-0.15, -0.1) is 0 Å². The van der Waals surface area contributed by atoms with Crippen LogP contribution in [0.5, 0.6) is 0 Å². The van der Waals surface area contributed by atoms with Gasteiger partial charge in [-0.3, -0.25) is 4.90 Å². The smallest absolute Gasteiger partial charge is 0.0304 e. The first-order valence-electron chi connectivity index (χ1n) is 9.27. The fraction of sp³-hybridized carbons (Fsp3) is 0.895. The Morgan fingerprint density at radius 1 is 1.29 bits per heavy atom. The van der Waals surface area contributed by atoms with E-state index in [0.29, 0.717) is 11.6 Å². The molecule has 21 heavy (non-hydrogen) atoms. The van der Waals surface area contributed by atoms with Gasteiger partial charge in [0.15, 0.2) is 0 Å². The molecule has 2 rings (SSSR count). The molecular formula is C19H36N2. The van der Waals surface area contributed by atoms with Crippen LogP contribution in [-0.2, 0) is 0 Å². The summed E-state index contributed by atoms with van der Waals surface area (Å²) in [7, 11) is 0. The fourth-order valence-electron chi connectivity index (χ4n) is 4.06. The minimum atomic E-state index is 0.354. The molecule has 2 nitrogen and oxygen atoms in total. The molecule has 2 aliphatic rings. The third-order valence-electron chi connectivity index (χ3n) is 5.89. The molecule has 0 radical (unpaired) electrons. The average Bonchev–Trinajstić information content (AvgIpc) is 2.53. The second-order valence-electron chi connectivity index (χ2n) is 7.51. The molecule has 122 valence electrons. The zero-order valence-corrected chi connectivity index (χ0v) is 14.8. The highest BCUT2D eigenvalue weighted by Crippen LogP contribution is 2.27. The molecular weight excluding hydrogens is 256 g/mol. The van der Waals surface area contributed by atoms with E-state index in [1.54, 1.807) is 5.57 Å². The zero-order chi connectivity index (χ0) is 15.3. The van der Waals surface area contributed by atoms with Gasteiger partial charge in [0.1, 0.15) is 0 Å². The number of nitrogens with one attached hydrogen (secondary N) is 1. The lowest BCUT2D eigenvalue weighted by Gasteiger charge is -2.49. The standard InChI is InChI=1S/C19H36N2/c1-5-19(6-2)15-21(18(14-20-19)16(3)4)13-12-17-10-8-7-9-11-17/h10,16,18,20H,5-9,11-15H2,1-4H3. The predicted molar refractivity (Wildman–Crippen MR) is 92.7 cm³/mol. The molecule has 1 atom stereocenters. The highest BCUT2D eigenvalue weighted by Gasteiger charge is 2.37. The van der Waals surface area contributed by atoms with E-state index in [-0.39, 0.29) is 0 Å². The number of piperazine rings is 1. The van der Waals surface area contributed by atoms with Crippen molar-refractivity contribution in [1.29, 1.82) is 0 Å². The lowest BCUT2D eigenvalue weighted by molar-refractivity contribution is 0.0512. The fourth-order valence-corrected chi connectivity index (χ4v) is 4.06. The van der Waals surface area contributed by atoms with Gasteiger partial charge in [0.25, 0.3) is 0 Å². The molecule has 1 aliphatic carbocycles. The van der Waals surface area contributed by atoms with Crippen LogP contribution in [-0.4, -0.2) is 36.1 Å². The minimum Gasteiger partial charge on any atom is -0.308 e. The van der Waals surface area contributed by atoms with E-state index in [0.717, 1.165) is 5.92 Å². The quantitative estimate of drug-likeness (QED) is 0.732. The van der Waals surface area contributed by atoms with Gasteiger partial charge >= 0.3 is 0 Å². The molecule has 2 heteroatoms. The minimum absolute atomic E-state index is 0.354. The van der Waals surface area contributed by atoms with Crippen LogP contribution >= 0.6 is 0 Å². The average molecular weight is 293 g/mol. The highest BCUT2D eigenvalue weighted by molar-refractivity contribution is 5.06. The Morgan fingerprint density at radius 2 is 2.05 bits per heavy atom. The third kappa shape index (κ3) is 4.32. The van der Waals surface area contributed by atoms with Crippen molar-refractivity contribution in [3.8, 4) is 0 Å². The second kappa shape index (κ2) is 7.78. The molecule has 0 bridgehead atoms. The topological polar surface area (TPSA) is 15.3 Å². The van der Waals surface area contributed by atoms with Crippen molar-refractivity contribution < 1.29 is 0 Å². The first-order valence-corrected chi connectivity index (χ1v) is 9.27. The Labute approximate surface area is 132 Å². The molecule has 0 amide bonds. The maximum atomic E-state index is 3.88. The maximum absolute atomic E-state index is 3.88. The van der Waals surface area contributed by atoms with Crippen LogP contribution in [0.3, 0.4) is 0 Å². The van der Waals surface area contributed by atoms with Gasteiger partial charge < -0.3 is 5.32 Å². The third-order valence-corrected chi connectivity index (χ3v) is 5.89. The van der Waals surface area contributed by atoms with Gasteiger partial charge in [0, 0.05) is 31.2 Å². The van der Waals surface area contributed by atoms with Gasteiger partial charge in [0.2, 0.25) is 0 Å². The lowest BCUT2D eigenvalue weighted by atomic mass is 9.86. The first kappa shape index (κ1) is 17.0. The van der Waals surface area contributed by atoms with Crippen molar-refractivity contribution in [2.24, 2.45) is 5.92 Å². The summed E-state index contributed by atoms with van der Waals surface area (Å²) in [4.78, 5) is 2.80. The van der Waals surface area contributed by atoms with Crippen molar-refractivity contribution in [2.75, 3.05) is 19.6 Å². The molecule has 1 saturated heterocycles. The number of hydrogen-bond acceptors (Lipinski definition) is 2. The SMILES string of the molecule is CCC1(CC)CN(CCC2=CCCCC2)C(C(C)C)CN1. The number of nitrogens with zero attached hydrogens (tertiary/aromatic N) is 1. The van der Waals surface area contributed by atoms with Crippen molar-refractivity contribution >= 4 is 0 Å². The van der Waals surface area contributed by atoms with Crippen LogP contribution in [0.25, 0.3) is 0 Å². The van der Waals surface area contributed by atoms with Crippen LogP contribution in [0.2, 0.25) is 0 Å². The van der Waals surface area contributed by atoms with Gasteiger partial charge in [-0.1, -0.05) is 39.3 Å². The molecule has 1 heterocycles. The van der Waals surface area contributed by atoms with Crippen LogP contribution in [0.1, 0.15) is 72.6 Å². The second-order valence-corrected chi connectivity index (χ2v) is 7.51. The normalized spacial score (nSPS) is 26.9. The summed E-state index contributed by atoms with van der Waals surface area (Å²) < 4.78 is 0. The lowest BCUT2D eigenvalue weighted by Crippen LogP contribution is -2.65. The van der Waals surface area contributed by atoms with Crippen molar-refractivity contribution in [3.63, 3.8) is 0 Å². The van der Waals surface area contributed by atoms with Gasteiger partial charge in [-0.2, -0.15) is 0 Å². The summed E-state index contributed by atoms with van der Waals surface area (Å²) in [5.74, 6) is 0.740. The number of allylic oxidation sites excluding steroid dienone is 1. The molecule has 0 spiro atoms. The summed E-state index contributed by atoms with van der Waals surface area (Å²) in [5.41, 5.74) is 2.08. The Kier molecular flexibility index (Phi) is 6.31. The van der Waals surface area contributed by atoms with Gasteiger partial charge in [-0.25, -0.2) is 0 Å². The molecule has 0 aromatic rings. The van der Waals surface area contributed by atoms with E-state index in [1.807, 2.05) is 0 Å². The van der Waals surface area contributed by atoms with E-state index in [4.69, 9.17) is 0 Å². The zero-order valence-electron chi connectivity index (χ0n) is 14.8. The highest BCUT2D eigenvalue weighted by atomic mass is 15.3. The van der Waals surface area contributed by atoms with E-state index in [9.17, 15) is 0 Å². The summed E-state index contributed by atoms with van der Waals surface area (Å²) >= 11 is 0. The molecule has 0 aromatic heterocycles. The van der Waals surface area contributed by atoms with Crippen LogP contribution in [0.4, 0.5) is 0 Å². The molecule has 0 saturated carbocycles. The van der Waals surface area contributed by atoms with E-state index < -0.39 is 0 Å². The summed E-state index contributed by atoms with van der Waals surface area (Å²) in [6.45, 7) is 13.1. The Morgan fingerprint density at radius 3 is 2.62 bits per heavy atom. The van der Waals surface area contributed by atoms with E-state index in [1.165, 1.54) is 64.6 Å². The Balaban J connectivity index is 1.98. The number of rotatable bonds is 6. The summed E-state index contributed by atoms with van der Waals surface area (Å²) in [6.07, 6.45) is 11.8. The van der Waals surface area contributed by atoms with Crippen molar-refractivity contribution in [3.05, 3.63) is 11.6 Å². The van der Waals surface area contributed by atoms with Crippen molar-refractivity contribution in [1.82, 2.24) is 10.2 Å². The van der Waals surface area contributed by atoms with Crippen LogP contribution < -0.4 is 5.32 Å². The van der Waals surface area contributed by atoms with Gasteiger partial charge in [-0.05, 0) is 50.9 Å². The van der Waals surface area contributed by atoms with Gasteiger partial charge in [0.05, 0.1) is 0 Å². The molecule has 1 N–H and O–H groups in total. The number of hydrogen-bond donors (Lipinski definition) is 1. The first-order chi connectivity index (χ1) is 10.1. The predicted octanol–water partition coefficient (Wildman–Crippen LogP) is 4.37. The largest absolute Gasteiger partial charge is 0.308 e. The molecule has 1 unspecified atom stereocenters. The summed E-state index contributed by atoms with van der Waals surface area (Å²) in [6, 6.07) is 0.709. The van der Waals surface area contributed by atoms with E-state index >= 15 is 0 Å². The molecule has 0 aromatic carbocycles. The molecule has 1 aliphatic heterocycles. The van der Waals surface area contributed by atoms with E-state index in [2.05, 4.69) is 44.0 Å². The van der Waals surface area contributed by atoms with Crippen LogP contribution in [0.15, 0.2) is 11.6 Å². The Bertz CT molecular complexity index is 341. The molecule has 1 fully saturated rings. The monoisotopic (exact) mass is 292 g/mol. The van der Waals surface area contributed by atoms with Crippen LogP contribution in [0, 0.1) is 5.92 Å². The summed E-state index contributed by atoms with van der Waals surface area (Å²) in [5, 5.41) is 3.88.